The zero-order valence-corrected chi connectivity index (χ0v) is 18.0. The normalized spacial score (nSPS) is 19.7. The quantitative estimate of drug-likeness (QED) is 0.305. The first-order chi connectivity index (χ1) is 11.9. The van der Waals surface area contributed by atoms with Crippen molar-refractivity contribution in [3.63, 3.8) is 0 Å². The average Bonchev–Trinajstić information content (AvgIpc) is 3.17. The van der Waals surface area contributed by atoms with Crippen LogP contribution < -0.4 is 5.32 Å². The van der Waals surface area contributed by atoms with Crippen LogP contribution in [0.1, 0.15) is 28.8 Å². The third kappa shape index (κ3) is 4.89. The van der Waals surface area contributed by atoms with Crippen LogP contribution in [0, 0.1) is 18.8 Å². The highest BCUT2D eigenvalue weighted by Crippen LogP contribution is 2.24. The molecule has 2 heterocycles. The molecule has 2 atom stereocenters. The van der Waals surface area contributed by atoms with Gasteiger partial charge in [-0.25, -0.2) is 4.79 Å². The number of nitrogens with zero attached hydrogens (tertiary/aromatic N) is 2. The summed E-state index contributed by atoms with van der Waals surface area (Å²) in [7, 11) is 4.43. The van der Waals surface area contributed by atoms with Gasteiger partial charge in [-0.3, -0.25) is 9.79 Å². The van der Waals surface area contributed by atoms with Crippen LogP contribution in [-0.4, -0.2) is 57.2 Å². The van der Waals surface area contributed by atoms with Gasteiger partial charge in [-0.05, 0) is 18.9 Å². The molecule has 1 aliphatic heterocycles. The van der Waals surface area contributed by atoms with E-state index < -0.39 is 5.97 Å². The van der Waals surface area contributed by atoms with E-state index in [9.17, 15) is 9.59 Å². The Bertz CT molecular complexity index is 673. The van der Waals surface area contributed by atoms with Crippen LogP contribution >= 0.6 is 24.0 Å². The van der Waals surface area contributed by atoms with E-state index in [1.54, 1.807) is 20.0 Å². The second-order valence-electron chi connectivity index (χ2n) is 6.09. The van der Waals surface area contributed by atoms with Crippen molar-refractivity contribution in [2.45, 2.75) is 20.4 Å². The van der Waals surface area contributed by atoms with Crippen molar-refractivity contribution in [1.29, 1.82) is 0 Å². The van der Waals surface area contributed by atoms with Crippen molar-refractivity contribution in [2.24, 2.45) is 16.8 Å². The lowest BCUT2D eigenvalue weighted by molar-refractivity contribution is -0.145. The van der Waals surface area contributed by atoms with Crippen LogP contribution in [-0.2, 0) is 20.8 Å². The summed E-state index contributed by atoms with van der Waals surface area (Å²) in [5.74, 6) is 1.19. The number of likely N-dealkylation sites (tertiary alicyclic amines) is 1. The lowest BCUT2D eigenvalue weighted by Crippen LogP contribution is -2.40. The number of guanidine groups is 1. The van der Waals surface area contributed by atoms with Crippen LogP contribution in [0.3, 0.4) is 0 Å². The molecule has 1 aromatic rings. The molecule has 2 unspecified atom stereocenters. The smallest absolute Gasteiger partial charge is 0.341 e. The van der Waals surface area contributed by atoms with Gasteiger partial charge in [-0.15, -0.1) is 24.0 Å². The first kappa shape index (κ1) is 22.3. The molecular formula is C17H26IN3O5. The fraction of sp³-hybridized carbons (Fsp3) is 0.588. The van der Waals surface area contributed by atoms with Gasteiger partial charge in [0.15, 0.2) is 5.96 Å². The zero-order valence-electron chi connectivity index (χ0n) is 15.7. The summed E-state index contributed by atoms with van der Waals surface area (Å²) in [4.78, 5) is 29.7. The van der Waals surface area contributed by atoms with Gasteiger partial charge in [0.05, 0.1) is 26.7 Å². The van der Waals surface area contributed by atoms with Crippen molar-refractivity contribution < 1.29 is 23.5 Å². The molecule has 2 rings (SSSR count). The van der Waals surface area contributed by atoms with Crippen LogP contribution in [0.25, 0.3) is 0 Å². The lowest BCUT2D eigenvalue weighted by atomic mass is 9.99. The van der Waals surface area contributed by atoms with E-state index in [1.807, 2.05) is 11.8 Å². The Kier molecular flexibility index (Phi) is 8.38. The first-order valence-corrected chi connectivity index (χ1v) is 8.12. The van der Waals surface area contributed by atoms with Gasteiger partial charge in [0.2, 0.25) is 0 Å². The molecule has 1 aromatic heterocycles. The maximum absolute atomic E-state index is 11.8. The molecule has 146 valence electrons. The fourth-order valence-corrected chi connectivity index (χ4v) is 3.04. The van der Waals surface area contributed by atoms with Gasteiger partial charge in [0.25, 0.3) is 0 Å². The maximum atomic E-state index is 11.8. The molecule has 0 saturated carbocycles. The highest BCUT2D eigenvalue weighted by atomic mass is 127. The van der Waals surface area contributed by atoms with Crippen LogP contribution in [0.15, 0.2) is 15.5 Å². The summed E-state index contributed by atoms with van der Waals surface area (Å²) in [6.07, 6.45) is 0. The third-order valence-electron chi connectivity index (χ3n) is 4.42. The minimum atomic E-state index is -0.425. The molecule has 0 radical (unpaired) electrons. The van der Waals surface area contributed by atoms with E-state index >= 15 is 0 Å². The number of nitrogens with one attached hydrogen (secondary N) is 1. The lowest BCUT2D eigenvalue weighted by Gasteiger charge is -2.21. The summed E-state index contributed by atoms with van der Waals surface area (Å²) < 4.78 is 15.2. The van der Waals surface area contributed by atoms with E-state index in [4.69, 9.17) is 13.9 Å². The van der Waals surface area contributed by atoms with Gasteiger partial charge in [-0.2, -0.15) is 0 Å². The molecule has 0 aromatic carbocycles. The van der Waals surface area contributed by atoms with Crippen LogP contribution in [0.2, 0.25) is 0 Å². The predicted octanol–water partition coefficient (Wildman–Crippen LogP) is 1.81. The molecule has 26 heavy (non-hydrogen) atoms. The molecule has 0 aliphatic carbocycles. The molecule has 0 bridgehead atoms. The van der Waals surface area contributed by atoms with E-state index in [-0.39, 0.29) is 41.8 Å². The van der Waals surface area contributed by atoms with Gasteiger partial charge < -0.3 is 24.1 Å². The monoisotopic (exact) mass is 479 g/mol. The number of carbonyl (C=O) groups excluding carboxylic acids is 2. The Labute approximate surface area is 170 Å². The molecule has 1 N–H and O–H groups in total. The Morgan fingerprint density at radius 2 is 2.04 bits per heavy atom. The SMILES string of the molecule is CN=C(NCc1cc(C(=O)OC)c(C)o1)N1CC(C)C(C(=O)OC)C1.I. The fourth-order valence-electron chi connectivity index (χ4n) is 3.04. The summed E-state index contributed by atoms with van der Waals surface area (Å²) in [6, 6.07) is 1.66. The maximum Gasteiger partial charge on any atom is 0.341 e. The molecule has 1 aliphatic rings. The highest BCUT2D eigenvalue weighted by Gasteiger charge is 2.36. The van der Waals surface area contributed by atoms with Gasteiger partial charge in [0, 0.05) is 20.1 Å². The standard InChI is InChI=1S/C17H25N3O5.HI/c1-10-8-20(9-14(10)16(22)24-5)17(18-3)19-7-12-6-13(11(2)25-12)15(21)23-4;/h6,10,14H,7-9H2,1-5H3,(H,18,19);1H. The van der Waals surface area contributed by atoms with Crippen molar-refractivity contribution >= 4 is 41.9 Å². The van der Waals surface area contributed by atoms with Crippen LogP contribution in [0.4, 0.5) is 0 Å². The number of hydrogen-bond acceptors (Lipinski definition) is 6. The first-order valence-electron chi connectivity index (χ1n) is 8.12. The second-order valence-corrected chi connectivity index (χ2v) is 6.09. The Morgan fingerprint density at radius 3 is 2.62 bits per heavy atom. The number of aliphatic imine (C=N–C) groups is 1. The van der Waals surface area contributed by atoms with Crippen molar-refractivity contribution in [3.8, 4) is 0 Å². The topological polar surface area (TPSA) is 93.4 Å². The summed E-state index contributed by atoms with van der Waals surface area (Å²) in [6.45, 7) is 5.38. The number of hydrogen-bond donors (Lipinski definition) is 1. The van der Waals surface area contributed by atoms with Gasteiger partial charge in [0.1, 0.15) is 17.1 Å². The average molecular weight is 479 g/mol. The van der Waals surface area contributed by atoms with E-state index in [1.165, 1.54) is 14.2 Å². The minimum absolute atomic E-state index is 0. The van der Waals surface area contributed by atoms with Crippen molar-refractivity contribution in [1.82, 2.24) is 10.2 Å². The predicted molar refractivity (Wildman–Crippen MR) is 107 cm³/mol. The number of halogens is 1. The Balaban J connectivity index is 0.00000338. The van der Waals surface area contributed by atoms with E-state index in [0.717, 1.165) is 0 Å². The minimum Gasteiger partial charge on any atom is -0.469 e. The van der Waals surface area contributed by atoms with Gasteiger partial charge in [-0.1, -0.05) is 6.92 Å². The number of methoxy groups -OCH3 is 2. The molecule has 9 heteroatoms. The Morgan fingerprint density at radius 1 is 1.35 bits per heavy atom. The highest BCUT2D eigenvalue weighted by molar-refractivity contribution is 14.0. The van der Waals surface area contributed by atoms with Crippen molar-refractivity contribution in [3.05, 3.63) is 23.2 Å². The molecule has 8 nitrogen and oxygen atoms in total. The third-order valence-corrected chi connectivity index (χ3v) is 4.42. The Hall–Kier alpha value is -1.78. The van der Waals surface area contributed by atoms with Crippen LogP contribution in [0.5, 0.6) is 0 Å². The number of esters is 2. The van der Waals surface area contributed by atoms with Gasteiger partial charge >= 0.3 is 11.9 Å². The summed E-state index contributed by atoms with van der Waals surface area (Å²) in [5.41, 5.74) is 0.412. The molecule has 0 spiro atoms. The summed E-state index contributed by atoms with van der Waals surface area (Å²) in [5, 5.41) is 3.20. The zero-order chi connectivity index (χ0) is 18.6. The van der Waals surface area contributed by atoms with E-state index in [0.29, 0.717) is 42.7 Å². The summed E-state index contributed by atoms with van der Waals surface area (Å²) >= 11 is 0. The number of carbonyl (C=O) groups is 2. The van der Waals surface area contributed by atoms with Crippen molar-refractivity contribution in [2.75, 3.05) is 34.4 Å². The van der Waals surface area contributed by atoms with E-state index in [2.05, 4.69) is 10.3 Å². The largest absolute Gasteiger partial charge is 0.469 e. The number of aryl methyl sites for hydroxylation is 1. The second kappa shape index (κ2) is 9.79. The number of furan rings is 1. The molecule has 1 fully saturated rings. The number of rotatable bonds is 4. The molecule has 0 amide bonds. The molecular weight excluding hydrogens is 453 g/mol. The molecule has 1 saturated heterocycles. The number of ether oxygens (including phenoxy) is 2.